The zero-order valence-corrected chi connectivity index (χ0v) is 11.1. The van der Waals surface area contributed by atoms with Gasteiger partial charge in [-0.25, -0.2) is 0 Å². The number of esters is 1. The average Bonchev–Trinajstić information content (AvgIpc) is 2.86. The van der Waals surface area contributed by atoms with Gasteiger partial charge in [-0.15, -0.1) is 0 Å². The minimum atomic E-state index is -0.238. The molecule has 0 atom stereocenters. The number of carbonyl (C=O) groups excluding carboxylic acids is 2. The fourth-order valence-electron chi connectivity index (χ4n) is 2.13. The Morgan fingerprint density at radius 1 is 1.32 bits per heavy atom. The van der Waals surface area contributed by atoms with Gasteiger partial charge in [0.05, 0.1) is 13.2 Å². The summed E-state index contributed by atoms with van der Waals surface area (Å²) in [5.41, 5.74) is 1.80. The molecule has 0 amide bonds. The molecule has 1 aromatic rings. The van der Waals surface area contributed by atoms with Gasteiger partial charge in [-0.3, -0.25) is 9.59 Å². The van der Waals surface area contributed by atoms with Gasteiger partial charge < -0.3 is 9.47 Å². The number of ketones is 1. The molecule has 0 N–H and O–H groups in total. The fraction of sp³-hybridized carbons (Fsp3) is 0.467. The van der Waals surface area contributed by atoms with Gasteiger partial charge in [-0.1, -0.05) is 0 Å². The van der Waals surface area contributed by atoms with Gasteiger partial charge in [-0.05, 0) is 37.1 Å². The van der Waals surface area contributed by atoms with Crippen molar-refractivity contribution in [2.75, 3.05) is 13.2 Å². The molecule has 0 unspecified atom stereocenters. The van der Waals surface area contributed by atoms with Crippen LogP contribution in [0.5, 0.6) is 5.75 Å². The summed E-state index contributed by atoms with van der Waals surface area (Å²) in [6, 6.07) is 5.53. The lowest BCUT2D eigenvalue weighted by molar-refractivity contribution is -0.143. The van der Waals surface area contributed by atoms with E-state index in [1.165, 1.54) is 0 Å². The van der Waals surface area contributed by atoms with Crippen LogP contribution >= 0.6 is 0 Å². The van der Waals surface area contributed by atoms with E-state index in [-0.39, 0.29) is 11.8 Å². The van der Waals surface area contributed by atoms with Crippen LogP contribution in [0, 0.1) is 0 Å². The van der Waals surface area contributed by atoms with Crippen LogP contribution in [-0.4, -0.2) is 25.0 Å². The van der Waals surface area contributed by atoms with E-state index in [4.69, 9.17) is 9.47 Å². The molecule has 0 saturated carbocycles. The summed E-state index contributed by atoms with van der Waals surface area (Å²) in [4.78, 5) is 23.2. The van der Waals surface area contributed by atoms with Gasteiger partial charge in [0, 0.05) is 24.8 Å². The molecule has 4 heteroatoms. The van der Waals surface area contributed by atoms with Crippen molar-refractivity contribution in [1.82, 2.24) is 0 Å². The summed E-state index contributed by atoms with van der Waals surface area (Å²) >= 11 is 0. The van der Waals surface area contributed by atoms with Crippen LogP contribution in [0.1, 0.15) is 42.1 Å². The summed E-state index contributed by atoms with van der Waals surface area (Å²) in [5.74, 6) is 0.708. The Labute approximate surface area is 112 Å². The number of rotatable bonds is 6. The van der Waals surface area contributed by atoms with Crippen molar-refractivity contribution in [1.29, 1.82) is 0 Å². The Morgan fingerprint density at radius 3 is 2.95 bits per heavy atom. The second-order valence-electron chi connectivity index (χ2n) is 4.50. The molecule has 0 radical (unpaired) electrons. The van der Waals surface area contributed by atoms with Crippen molar-refractivity contribution in [3.05, 3.63) is 29.3 Å². The molecule has 2 rings (SSSR count). The van der Waals surface area contributed by atoms with E-state index in [0.29, 0.717) is 38.0 Å². The van der Waals surface area contributed by atoms with Gasteiger partial charge >= 0.3 is 5.97 Å². The first-order valence-corrected chi connectivity index (χ1v) is 6.65. The lowest BCUT2D eigenvalue weighted by atomic mass is 10.0. The van der Waals surface area contributed by atoms with E-state index in [1.807, 2.05) is 12.1 Å². The van der Waals surface area contributed by atoms with Crippen LogP contribution in [0.3, 0.4) is 0 Å². The highest BCUT2D eigenvalue weighted by molar-refractivity contribution is 5.96. The average molecular weight is 262 g/mol. The predicted molar refractivity (Wildman–Crippen MR) is 70.5 cm³/mol. The van der Waals surface area contributed by atoms with Gasteiger partial charge in [0.2, 0.25) is 0 Å². The zero-order valence-electron chi connectivity index (χ0n) is 11.1. The summed E-state index contributed by atoms with van der Waals surface area (Å²) < 4.78 is 10.2. The molecule has 1 heterocycles. The summed E-state index contributed by atoms with van der Waals surface area (Å²) in [6.07, 6.45) is 2.07. The Kier molecular flexibility index (Phi) is 4.55. The fourth-order valence-corrected chi connectivity index (χ4v) is 2.13. The highest BCUT2D eigenvalue weighted by Gasteiger charge is 2.15. The summed E-state index contributed by atoms with van der Waals surface area (Å²) in [7, 11) is 0. The second kappa shape index (κ2) is 6.36. The van der Waals surface area contributed by atoms with E-state index >= 15 is 0 Å². The van der Waals surface area contributed by atoms with Gasteiger partial charge in [0.25, 0.3) is 0 Å². The normalized spacial score (nSPS) is 12.7. The third-order valence-electron chi connectivity index (χ3n) is 3.10. The first kappa shape index (κ1) is 13.6. The second-order valence-corrected chi connectivity index (χ2v) is 4.50. The number of hydrogen-bond donors (Lipinski definition) is 0. The zero-order chi connectivity index (χ0) is 13.7. The number of Topliss-reactive ketones (excluding diaryl/α,β-unsaturated/α-hetero) is 1. The summed E-state index contributed by atoms with van der Waals surface area (Å²) in [5, 5.41) is 0. The lowest BCUT2D eigenvalue weighted by Crippen LogP contribution is -2.06. The third kappa shape index (κ3) is 3.56. The highest BCUT2D eigenvalue weighted by atomic mass is 16.5. The molecule has 0 fully saturated rings. The van der Waals surface area contributed by atoms with Crippen LogP contribution < -0.4 is 4.74 Å². The molecule has 4 nitrogen and oxygen atoms in total. The molecule has 0 bridgehead atoms. The standard InChI is InChI=1S/C15H18O4/c1-2-18-15(17)5-3-4-13(16)11-6-7-14-12(10-11)8-9-19-14/h6-7,10H,2-5,8-9H2,1H3. The predicted octanol–water partition coefficient (Wildman–Crippen LogP) is 2.54. The molecule has 0 aromatic heterocycles. The Balaban J connectivity index is 1.85. The van der Waals surface area contributed by atoms with Gasteiger partial charge in [0.1, 0.15) is 5.75 Å². The molecule has 0 aliphatic carbocycles. The maximum Gasteiger partial charge on any atom is 0.305 e. The maximum atomic E-state index is 12.0. The van der Waals surface area contributed by atoms with Crippen molar-refractivity contribution in [2.45, 2.75) is 32.6 Å². The van der Waals surface area contributed by atoms with E-state index in [0.717, 1.165) is 17.7 Å². The first-order valence-electron chi connectivity index (χ1n) is 6.65. The molecule has 1 aliphatic heterocycles. The largest absolute Gasteiger partial charge is 0.493 e. The van der Waals surface area contributed by atoms with Crippen molar-refractivity contribution in [2.24, 2.45) is 0 Å². The van der Waals surface area contributed by atoms with Crippen LogP contribution in [0.4, 0.5) is 0 Å². The van der Waals surface area contributed by atoms with E-state index in [2.05, 4.69) is 0 Å². The quantitative estimate of drug-likeness (QED) is 0.584. The molecule has 19 heavy (non-hydrogen) atoms. The SMILES string of the molecule is CCOC(=O)CCCC(=O)c1ccc2c(c1)CCO2. The molecule has 1 aromatic carbocycles. The number of ether oxygens (including phenoxy) is 2. The van der Waals surface area contributed by atoms with Crippen LogP contribution in [-0.2, 0) is 16.0 Å². The Hall–Kier alpha value is -1.84. The molecule has 0 spiro atoms. The smallest absolute Gasteiger partial charge is 0.305 e. The van der Waals surface area contributed by atoms with Crippen molar-refractivity contribution in [3.63, 3.8) is 0 Å². The third-order valence-corrected chi connectivity index (χ3v) is 3.10. The van der Waals surface area contributed by atoms with Crippen LogP contribution in [0.15, 0.2) is 18.2 Å². The number of benzene rings is 1. The number of carbonyl (C=O) groups is 2. The van der Waals surface area contributed by atoms with Crippen molar-refractivity contribution >= 4 is 11.8 Å². The minimum Gasteiger partial charge on any atom is -0.493 e. The first-order chi connectivity index (χ1) is 9.20. The highest BCUT2D eigenvalue weighted by Crippen LogP contribution is 2.26. The number of fused-ring (bicyclic) bond motifs is 1. The van der Waals surface area contributed by atoms with Gasteiger partial charge in [-0.2, -0.15) is 0 Å². The maximum absolute atomic E-state index is 12.0. The Bertz CT molecular complexity index is 479. The lowest BCUT2D eigenvalue weighted by Gasteiger charge is -2.04. The molecule has 0 saturated heterocycles. The van der Waals surface area contributed by atoms with Gasteiger partial charge in [0.15, 0.2) is 5.78 Å². The van der Waals surface area contributed by atoms with Crippen molar-refractivity contribution < 1.29 is 19.1 Å². The van der Waals surface area contributed by atoms with E-state index in [9.17, 15) is 9.59 Å². The van der Waals surface area contributed by atoms with E-state index < -0.39 is 0 Å². The minimum absolute atomic E-state index is 0.0685. The van der Waals surface area contributed by atoms with Crippen LogP contribution in [0.25, 0.3) is 0 Å². The molecular formula is C15H18O4. The number of hydrogen-bond acceptors (Lipinski definition) is 4. The molecule has 102 valence electrons. The Morgan fingerprint density at radius 2 is 2.16 bits per heavy atom. The van der Waals surface area contributed by atoms with Crippen molar-refractivity contribution in [3.8, 4) is 5.75 Å². The topological polar surface area (TPSA) is 52.6 Å². The summed E-state index contributed by atoms with van der Waals surface area (Å²) in [6.45, 7) is 2.85. The van der Waals surface area contributed by atoms with Crippen LogP contribution in [0.2, 0.25) is 0 Å². The monoisotopic (exact) mass is 262 g/mol. The molecular weight excluding hydrogens is 244 g/mol. The van der Waals surface area contributed by atoms with E-state index in [1.54, 1.807) is 13.0 Å². The molecule has 1 aliphatic rings.